The van der Waals surface area contributed by atoms with Crippen LogP contribution < -0.4 is 0 Å². The van der Waals surface area contributed by atoms with Gasteiger partial charge in [-0.3, -0.25) is 4.79 Å². The lowest BCUT2D eigenvalue weighted by atomic mass is 10.1. The Balaban J connectivity index is 1.65. The fourth-order valence-corrected chi connectivity index (χ4v) is 4.29. The number of carbonyl (C=O) groups is 1. The maximum Gasteiger partial charge on any atom is 0.233 e. The average Bonchev–Trinajstić information content (AvgIpc) is 2.87. The highest BCUT2D eigenvalue weighted by molar-refractivity contribution is 8.00. The number of rotatable bonds is 4. The molecule has 2 saturated heterocycles. The Morgan fingerprint density at radius 1 is 1.19 bits per heavy atom. The molecule has 2 aliphatic heterocycles. The zero-order valence-corrected chi connectivity index (χ0v) is 13.0. The van der Waals surface area contributed by atoms with Gasteiger partial charge in [-0.25, -0.2) is 0 Å². The van der Waals surface area contributed by atoms with E-state index in [0.29, 0.717) is 5.75 Å². The fraction of sp³-hybridized carbons (Fsp3) is 0.562. The lowest BCUT2D eigenvalue weighted by Gasteiger charge is -2.30. The van der Waals surface area contributed by atoms with Gasteiger partial charge in [0.1, 0.15) is 11.1 Å². The second-order valence-corrected chi connectivity index (χ2v) is 6.82. The van der Waals surface area contributed by atoms with Gasteiger partial charge >= 0.3 is 0 Å². The summed E-state index contributed by atoms with van der Waals surface area (Å²) in [5, 5.41) is 9.69. The number of nitrogens with zero attached hydrogens (tertiary/aromatic N) is 2. The number of phenolic OH excluding ortho intramolecular Hbond substituents is 1. The van der Waals surface area contributed by atoms with Crippen LogP contribution in [0.15, 0.2) is 24.3 Å². The van der Waals surface area contributed by atoms with Crippen molar-refractivity contribution in [1.82, 2.24) is 9.80 Å². The molecule has 1 N–H and O–H groups in total. The highest BCUT2D eigenvalue weighted by Crippen LogP contribution is 2.39. The van der Waals surface area contributed by atoms with Crippen molar-refractivity contribution in [3.05, 3.63) is 29.8 Å². The van der Waals surface area contributed by atoms with Crippen molar-refractivity contribution in [2.45, 2.75) is 24.6 Å². The summed E-state index contributed by atoms with van der Waals surface area (Å²) in [6, 6.07) is 7.27. The van der Waals surface area contributed by atoms with Crippen LogP contribution in [0, 0.1) is 0 Å². The van der Waals surface area contributed by atoms with Crippen molar-refractivity contribution in [2.75, 3.05) is 31.9 Å². The maximum absolute atomic E-state index is 12.1. The first-order valence-corrected chi connectivity index (χ1v) is 8.71. The Bertz CT molecular complexity index is 503. The van der Waals surface area contributed by atoms with Gasteiger partial charge in [0, 0.05) is 13.1 Å². The van der Waals surface area contributed by atoms with Crippen molar-refractivity contribution in [3.63, 3.8) is 0 Å². The first-order valence-electron chi connectivity index (χ1n) is 7.66. The molecule has 21 heavy (non-hydrogen) atoms. The van der Waals surface area contributed by atoms with Crippen LogP contribution in [0.1, 0.15) is 30.2 Å². The summed E-state index contributed by atoms with van der Waals surface area (Å²) in [6.45, 7) is 4.06. The first-order chi connectivity index (χ1) is 10.2. The SMILES string of the molecule is O=C1CSC(c2cccc(O)c2)N1CCN1CCCCC1. The van der Waals surface area contributed by atoms with Gasteiger partial charge in [-0.15, -0.1) is 11.8 Å². The first kappa shape index (κ1) is 14.7. The van der Waals surface area contributed by atoms with Crippen LogP contribution in [0.4, 0.5) is 0 Å². The van der Waals surface area contributed by atoms with Gasteiger partial charge in [0.25, 0.3) is 0 Å². The van der Waals surface area contributed by atoms with Crippen LogP contribution in [0.2, 0.25) is 0 Å². The van der Waals surface area contributed by atoms with Gasteiger partial charge in [0.15, 0.2) is 0 Å². The molecule has 1 aromatic rings. The molecule has 0 aromatic heterocycles. The predicted molar refractivity (Wildman–Crippen MR) is 85.3 cm³/mol. The number of hydrogen-bond donors (Lipinski definition) is 1. The molecular weight excluding hydrogens is 284 g/mol. The third-order valence-corrected chi connectivity index (χ3v) is 5.49. The number of benzene rings is 1. The van der Waals surface area contributed by atoms with Crippen LogP contribution in [-0.4, -0.2) is 52.7 Å². The third kappa shape index (κ3) is 3.52. The molecule has 3 rings (SSSR count). The Labute approximate surface area is 130 Å². The van der Waals surface area contributed by atoms with E-state index in [0.717, 1.165) is 31.7 Å². The molecule has 0 bridgehead atoms. The molecule has 2 aliphatic rings. The van der Waals surface area contributed by atoms with E-state index in [1.54, 1.807) is 23.9 Å². The molecule has 0 saturated carbocycles. The Morgan fingerprint density at radius 2 is 2.00 bits per heavy atom. The molecular formula is C16H22N2O2S. The molecule has 5 heteroatoms. The number of likely N-dealkylation sites (tertiary alicyclic amines) is 1. The van der Waals surface area contributed by atoms with Crippen molar-refractivity contribution in [2.24, 2.45) is 0 Å². The minimum atomic E-state index is 0.0504. The Hall–Kier alpha value is -1.20. The van der Waals surface area contributed by atoms with Crippen molar-refractivity contribution in [1.29, 1.82) is 0 Å². The molecule has 2 heterocycles. The van der Waals surface area contributed by atoms with Crippen LogP contribution in [0.25, 0.3) is 0 Å². The van der Waals surface area contributed by atoms with Crippen molar-refractivity contribution >= 4 is 17.7 Å². The van der Waals surface area contributed by atoms with Gasteiger partial charge in [0.2, 0.25) is 5.91 Å². The van der Waals surface area contributed by atoms with Crippen LogP contribution >= 0.6 is 11.8 Å². The maximum atomic E-state index is 12.1. The highest BCUT2D eigenvalue weighted by atomic mass is 32.2. The van der Waals surface area contributed by atoms with E-state index in [9.17, 15) is 9.90 Å². The topological polar surface area (TPSA) is 43.8 Å². The minimum Gasteiger partial charge on any atom is -0.508 e. The molecule has 0 radical (unpaired) electrons. The summed E-state index contributed by atoms with van der Waals surface area (Å²) in [5.74, 6) is 1.02. The molecule has 1 unspecified atom stereocenters. The quantitative estimate of drug-likeness (QED) is 0.928. The summed E-state index contributed by atoms with van der Waals surface area (Å²) in [6.07, 6.45) is 3.89. The zero-order valence-electron chi connectivity index (χ0n) is 12.2. The summed E-state index contributed by atoms with van der Waals surface area (Å²) < 4.78 is 0. The number of amides is 1. The minimum absolute atomic E-state index is 0.0504. The number of aromatic hydroxyl groups is 1. The summed E-state index contributed by atoms with van der Waals surface area (Å²) in [4.78, 5) is 16.6. The molecule has 1 aromatic carbocycles. The molecule has 1 amide bonds. The van der Waals surface area contributed by atoms with Crippen molar-refractivity contribution in [3.8, 4) is 5.75 Å². The molecule has 114 valence electrons. The molecule has 0 aliphatic carbocycles. The van der Waals surface area contributed by atoms with E-state index < -0.39 is 0 Å². The number of thioether (sulfide) groups is 1. The van der Waals surface area contributed by atoms with Gasteiger partial charge in [-0.1, -0.05) is 18.6 Å². The van der Waals surface area contributed by atoms with E-state index in [1.165, 1.54) is 19.3 Å². The second kappa shape index (κ2) is 6.71. The van der Waals surface area contributed by atoms with Gasteiger partial charge in [0.05, 0.1) is 5.75 Å². The molecule has 1 atom stereocenters. The van der Waals surface area contributed by atoms with E-state index in [-0.39, 0.29) is 17.0 Å². The van der Waals surface area contributed by atoms with Gasteiger partial charge in [-0.05, 0) is 43.6 Å². The Morgan fingerprint density at radius 3 is 2.76 bits per heavy atom. The second-order valence-electron chi connectivity index (χ2n) is 5.75. The van der Waals surface area contributed by atoms with E-state index in [1.807, 2.05) is 17.0 Å². The van der Waals surface area contributed by atoms with E-state index >= 15 is 0 Å². The van der Waals surface area contributed by atoms with Crippen LogP contribution in [0.5, 0.6) is 5.75 Å². The lowest BCUT2D eigenvalue weighted by molar-refractivity contribution is -0.128. The van der Waals surface area contributed by atoms with Crippen LogP contribution in [0.3, 0.4) is 0 Å². The van der Waals surface area contributed by atoms with Gasteiger partial charge in [-0.2, -0.15) is 0 Å². The average molecular weight is 306 g/mol. The zero-order chi connectivity index (χ0) is 14.7. The fourth-order valence-electron chi connectivity index (χ4n) is 3.08. The highest BCUT2D eigenvalue weighted by Gasteiger charge is 2.32. The van der Waals surface area contributed by atoms with E-state index in [2.05, 4.69) is 4.90 Å². The normalized spacial score (nSPS) is 23.7. The summed E-state index contributed by atoms with van der Waals surface area (Å²) in [7, 11) is 0. The Kier molecular flexibility index (Phi) is 4.70. The largest absolute Gasteiger partial charge is 0.508 e. The summed E-state index contributed by atoms with van der Waals surface area (Å²) in [5.41, 5.74) is 1.02. The monoisotopic (exact) mass is 306 g/mol. The van der Waals surface area contributed by atoms with Crippen LogP contribution in [-0.2, 0) is 4.79 Å². The van der Waals surface area contributed by atoms with Crippen molar-refractivity contribution < 1.29 is 9.90 Å². The standard InChI is InChI=1S/C16H22N2O2S/c19-14-6-4-5-13(11-14)16-18(15(20)12-21-16)10-9-17-7-2-1-3-8-17/h4-6,11,16,19H,1-3,7-10,12H2. The number of hydrogen-bond acceptors (Lipinski definition) is 4. The molecule has 0 spiro atoms. The smallest absolute Gasteiger partial charge is 0.233 e. The van der Waals surface area contributed by atoms with E-state index in [4.69, 9.17) is 0 Å². The molecule has 4 nitrogen and oxygen atoms in total. The summed E-state index contributed by atoms with van der Waals surface area (Å²) >= 11 is 1.65. The predicted octanol–water partition coefficient (Wildman–Crippen LogP) is 2.45. The third-order valence-electron chi connectivity index (χ3n) is 4.23. The molecule has 2 fully saturated rings. The van der Waals surface area contributed by atoms with Gasteiger partial charge < -0.3 is 14.9 Å². The number of piperidine rings is 1. The number of carbonyl (C=O) groups excluding carboxylic acids is 1. The lowest BCUT2D eigenvalue weighted by Crippen LogP contribution is -2.39. The number of phenols is 1.